The summed E-state index contributed by atoms with van der Waals surface area (Å²) in [7, 11) is 1.68. The summed E-state index contributed by atoms with van der Waals surface area (Å²) in [5, 5.41) is 8.87. The van der Waals surface area contributed by atoms with Crippen LogP contribution in [0.5, 0.6) is 0 Å². The summed E-state index contributed by atoms with van der Waals surface area (Å²) in [6.07, 6.45) is 0. The Morgan fingerprint density at radius 2 is 1.75 bits per heavy atom. The van der Waals surface area contributed by atoms with Crippen molar-refractivity contribution in [3.05, 3.63) is 35.4 Å². The Balaban J connectivity index is 2.73. The molecular weight excluding hydrogens is 256 g/mol. The molecular formula is C15H22N2O3. The SMILES string of the molecule is Cc1ccc(CN(C)C(=O)N(CC(=O)O)C(C)C)cc1. The number of carbonyl (C=O) groups is 2. The van der Waals surface area contributed by atoms with Crippen molar-refractivity contribution >= 4 is 12.0 Å². The maximum atomic E-state index is 12.3. The summed E-state index contributed by atoms with van der Waals surface area (Å²) in [6, 6.07) is 7.49. The van der Waals surface area contributed by atoms with Crippen molar-refractivity contribution in [1.29, 1.82) is 0 Å². The molecule has 110 valence electrons. The van der Waals surface area contributed by atoms with Crippen LogP contribution < -0.4 is 0 Å². The molecule has 1 N–H and O–H groups in total. The van der Waals surface area contributed by atoms with E-state index < -0.39 is 5.97 Å². The highest BCUT2D eigenvalue weighted by atomic mass is 16.4. The molecule has 0 spiro atoms. The number of hydrogen-bond acceptors (Lipinski definition) is 2. The summed E-state index contributed by atoms with van der Waals surface area (Å²) in [5.74, 6) is -1.00. The van der Waals surface area contributed by atoms with E-state index in [1.54, 1.807) is 20.9 Å². The van der Waals surface area contributed by atoms with Crippen molar-refractivity contribution in [3.8, 4) is 0 Å². The Bertz CT molecular complexity index is 469. The van der Waals surface area contributed by atoms with Gasteiger partial charge in [-0.15, -0.1) is 0 Å². The average molecular weight is 278 g/mol. The lowest BCUT2D eigenvalue weighted by molar-refractivity contribution is -0.138. The van der Waals surface area contributed by atoms with Crippen LogP contribution in [0.3, 0.4) is 0 Å². The molecule has 0 aromatic heterocycles. The van der Waals surface area contributed by atoms with Crippen LogP contribution in [0.15, 0.2) is 24.3 Å². The van der Waals surface area contributed by atoms with Crippen molar-refractivity contribution in [2.45, 2.75) is 33.4 Å². The van der Waals surface area contributed by atoms with E-state index in [9.17, 15) is 9.59 Å². The molecule has 2 amide bonds. The van der Waals surface area contributed by atoms with Gasteiger partial charge in [-0.3, -0.25) is 4.79 Å². The maximum Gasteiger partial charge on any atom is 0.323 e. The fraction of sp³-hybridized carbons (Fsp3) is 0.467. The molecule has 0 aliphatic carbocycles. The van der Waals surface area contributed by atoms with Crippen LogP contribution in [0.25, 0.3) is 0 Å². The number of carboxylic acid groups (broad SMARTS) is 1. The van der Waals surface area contributed by atoms with Gasteiger partial charge in [0.1, 0.15) is 6.54 Å². The Kier molecular flexibility index (Phi) is 5.55. The lowest BCUT2D eigenvalue weighted by atomic mass is 10.1. The van der Waals surface area contributed by atoms with Crippen LogP contribution in [0.1, 0.15) is 25.0 Å². The van der Waals surface area contributed by atoms with Gasteiger partial charge in [-0.1, -0.05) is 29.8 Å². The zero-order valence-electron chi connectivity index (χ0n) is 12.5. The van der Waals surface area contributed by atoms with Crippen molar-refractivity contribution in [2.24, 2.45) is 0 Å². The smallest absolute Gasteiger partial charge is 0.323 e. The largest absolute Gasteiger partial charge is 0.480 e. The molecule has 20 heavy (non-hydrogen) atoms. The van der Waals surface area contributed by atoms with Gasteiger partial charge >= 0.3 is 12.0 Å². The normalized spacial score (nSPS) is 10.4. The molecule has 1 aromatic carbocycles. The number of rotatable bonds is 5. The Labute approximate surface area is 119 Å². The number of nitrogens with zero attached hydrogens (tertiary/aromatic N) is 2. The lowest BCUT2D eigenvalue weighted by Crippen LogP contribution is -2.46. The van der Waals surface area contributed by atoms with Crippen molar-refractivity contribution in [1.82, 2.24) is 9.80 Å². The van der Waals surface area contributed by atoms with Crippen molar-refractivity contribution in [2.75, 3.05) is 13.6 Å². The summed E-state index contributed by atoms with van der Waals surface area (Å²) in [4.78, 5) is 26.0. The van der Waals surface area contributed by atoms with E-state index >= 15 is 0 Å². The minimum atomic E-state index is -1.00. The van der Waals surface area contributed by atoms with Gasteiger partial charge in [-0.25, -0.2) is 4.79 Å². The van der Waals surface area contributed by atoms with Gasteiger partial charge in [0.25, 0.3) is 0 Å². The van der Waals surface area contributed by atoms with E-state index in [0.717, 1.165) is 11.1 Å². The van der Waals surface area contributed by atoms with Gasteiger partial charge < -0.3 is 14.9 Å². The summed E-state index contributed by atoms with van der Waals surface area (Å²) < 4.78 is 0. The predicted molar refractivity (Wildman–Crippen MR) is 77.5 cm³/mol. The second kappa shape index (κ2) is 6.93. The van der Waals surface area contributed by atoms with Crippen molar-refractivity contribution < 1.29 is 14.7 Å². The number of amides is 2. The van der Waals surface area contributed by atoms with Crippen molar-refractivity contribution in [3.63, 3.8) is 0 Å². The molecule has 1 aromatic rings. The first-order chi connectivity index (χ1) is 9.31. The van der Waals surface area contributed by atoms with E-state index in [-0.39, 0.29) is 18.6 Å². The van der Waals surface area contributed by atoms with Gasteiger partial charge in [-0.2, -0.15) is 0 Å². The Morgan fingerprint density at radius 1 is 1.20 bits per heavy atom. The third kappa shape index (κ3) is 4.57. The highest BCUT2D eigenvalue weighted by molar-refractivity contribution is 5.80. The molecule has 5 heteroatoms. The average Bonchev–Trinajstić information content (AvgIpc) is 2.37. The molecule has 0 unspecified atom stereocenters. The standard InChI is InChI=1S/C15H22N2O3/c1-11(2)17(10-14(18)19)15(20)16(4)9-13-7-5-12(3)6-8-13/h5-8,11H,9-10H2,1-4H3,(H,18,19). The molecule has 0 radical (unpaired) electrons. The lowest BCUT2D eigenvalue weighted by Gasteiger charge is -2.30. The Morgan fingerprint density at radius 3 is 2.20 bits per heavy atom. The molecule has 0 heterocycles. The first kappa shape index (κ1) is 16.0. The fourth-order valence-electron chi connectivity index (χ4n) is 1.87. The predicted octanol–water partition coefficient (Wildman–Crippen LogP) is 2.34. The number of hydrogen-bond donors (Lipinski definition) is 1. The molecule has 0 atom stereocenters. The third-order valence-corrected chi connectivity index (χ3v) is 3.04. The molecule has 0 saturated heterocycles. The molecule has 0 fully saturated rings. The van der Waals surface area contributed by atoms with Crippen LogP contribution >= 0.6 is 0 Å². The number of urea groups is 1. The second-order valence-electron chi connectivity index (χ2n) is 5.24. The third-order valence-electron chi connectivity index (χ3n) is 3.04. The molecule has 1 rings (SSSR count). The van der Waals surface area contributed by atoms with Crippen LogP contribution in [-0.2, 0) is 11.3 Å². The highest BCUT2D eigenvalue weighted by Crippen LogP contribution is 2.09. The van der Waals surface area contributed by atoms with Gasteiger partial charge in [0, 0.05) is 19.6 Å². The van der Waals surface area contributed by atoms with E-state index in [1.807, 2.05) is 31.2 Å². The summed E-state index contributed by atoms with van der Waals surface area (Å²) in [5.41, 5.74) is 2.18. The zero-order chi connectivity index (χ0) is 15.3. The number of aliphatic carboxylic acids is 1. The topological polar surface area (TPSA) is 60.9 Å². The number of benzene rings is 1. The van der Waals surface area contributed by atoms with Crippen LogP contribution in [0.2, 0.25) is 0 Å². The minimum absolute atomic E-state index is 0.154. The van der Waals surface area contributed by atoms with Crippen LogP contribution in [0.4, 0.5) is 4.79 Å². The quantitative estimate of drug-likeness (QED) is 0.899. The number of carbonyl (C=O) groups excluding carboxylic acids is 1. The summed E-state index contributed by atoms with van der Waals surface area (Å²) >= 11 is 0. The molecule has 0 bridgehead atoms. The number of aryl methyl sites for hydroxylation is 1. The molecule has 5 nitrogen and oxygen atoms in total. The first-order valence-electron chi connectivity index (χ1n) is 6.60. The minimum Gasteiger partial charge on any atom is -0.480 e. The van der Waals surface area contributed by atoms with Gasteiger partial charge in [-0.05, 0) is 26.3 Å². The second-order valence-corrected chi connectivity index (χ2v) is 5.24. The fourth-order valence-corrected chi connectivity index (χ4v) is 1.87. The zero-order valence-corrected chi connectivity index (χ0v) is 12.5. The number of carboxylic acids is 1. The summed E-state index contributed by atoms with van der Waals surface area (Å²) in [6.45, 7) is 5.80. The van der Waals surface area contributed by atoms with Crippen LogP contribution in [0, 0.1) is 6.92 Å². The van der Waals surface area contributed by atoms with E-state index in [0.29, 0.717) is 6.54 Å². The van der Waals surface area contributed by atoms with E-state index in [4.69, 9.17) is 5.11 Å². The van der Waals surface area contributed by atoms with Gasteiger partial charge in [0.05, 0.1) is 0 Å². The van der Waals surface area contributed by atoms with Crippen LogP contribution in [-0.4, -0.2) is 46.5 Å². The molecule has 0 saturated carbocycles. The van der Waals surface area contributed by atoms with E-state index in [2.05, 4.69) is 0 Å². The molecule has 0 aliphatic rings. The monoisotopic (exact) mass is 278 g/mol. The molecule has 0 aliphatic heterocycles. The maximum absolute atomic E-state index is 12.3. The highest BCUT2D eigenvalue weighted by Gasteiger charge is 2.22. The van der Waals surface area contributed by atoms with Gasteiger partial charge in [0.15, 0.2) is 0 Å². The van der Waals surface area contributed by atoms with Gasteiger partial charge in [0.2, 0.25) is 0 Å². The first-order valence-corrected chi connectivity index (χ1v) is 6.60. The van der Waals surface area contributed by atoms with E-state index in [1.165, 1.54) is 9.80 Å². The Hall–Kier alpha value is -2.04.